The Morgan fingerprint density at radius 1 is 1.18 bits per heavy atom. The summed E-state index contributed by atoms with van der Waals surface area (Å²) in [5.74, 6) is -0.663. The monoisotopic (exact) mass is 499 g/mol. The third-order valence-electron chi connectivity index (χ3n) is 4.53. The lowest BCUT2D eigenvalue weighted by atomic mass is 10.2. The number of rotatable bonds is 7. The highest BCUT2D eigenvalue weighted by Gasteiger charge is 2.16. The van der Waals surface area contributed by atoms with Crippen molar-refractivity contribution in [2.45, 2.75) is 12.1 Å². The first kappa shape index (κ1) is 23.0. The van der Waals surface area contributed by atoms with Crippen molar-refractivity contribution in [3.05, 3.63) is 80.9 Å². The second-order valence-electron chi connectivity index (χ2n) is 6.78. The van der Waals surface area contributed by atoms with E-state index in [-0.39, 0.29) is 17.2 Å². The highest BCUT2D eigenvalue weighted by molar-refractivity contribution is 7.99. The molecule has 10 heteroatoms. The third kappa shape index (κ3) is 5.27. The van der Waals surface area contributed by atoms with E-state index in [9.17, 15) is 14.4 Å². The quantitative estimate of drug-likeness (QED) is 0.218. The van der Waals surface area contributed by atoms with Gasteiger partial charge in [0, 0.05) is 10.7 Å². The molecule has 0 saturated heterocycles. The predicted octanol–water partition coefficient (Wildman–Crippen LogP) is 5.01. The van der Waals surface area contributed by atoms with E-state index in [0.717, 1.165) is 11.8 Å². The number of nitrogens with one attached hydrogen (secondary N) is 1. The van der Waals surface area contributed by atoms with E-state index in [2.05, 4.69) is 10.3 Å². The Morgan fingerprint density at radius 3 is 2.70 bits per heavy atom. The minimum Gasteiger partial charge on any atom is -0.462 e. The average molecular weight is 500 g/mol. The molecule has 168 valence electrons. The van der Waals surface area contributed by atoms with Gasteiger partial charge >= 0.3 is 5.97 Å². The molecule has 1 amide bonds. The molecule has 0 bridgehead atoms. The van der Waals surface area contributed by atoms with Gasteiger partial charge in [0.2, 0.25) is 5.91 Å². The lowest BCUT2D eigenvalue weighted by Crippen LogP contribution is -2.22. The summed E-state index contributed by atoms with van der Waals surface area (Å²) < 4.78 is 6.96. The van der Waals surface area contributed by atoms with Gasteiger partial charge in [0.25, 0.3) is 5.56 Å². The van der Waals surface area contributed by atoms with Crippen LogP contribution in [0, 0.1) is 0 Å². The number of ether oxygens (including phenoxy) is 1. The number of aromatic nitrogens is 2. The summed E-state index contributed by atoms with van der Waals surface area (Å²) in [6.45, 7) is 2.03. The van der Waals surface area contributed by atoms with Gasteiger partial charge in [-0.25, -0.2) is 9.78 Å². The molecule has 0 saturated carbocycles. The molecule has 0 unspecified atom stereocenters. The van der Waals surface area contributed by atoms with Crippen LogP contribution in [0.2, 0.25) is 5.02 Å². The summed E-state index contributed by atoms with van der Waals surface area (Å²) >= 11 is 8.60. The summed E-state index contributed by atoms with van der Waals surface area (Å²) in [7, 11) is 0. The fourth-order valence-corrected chi connectivity index (χ4v) is 4.82. The number of anilines is 1. The van der Waals surface area contributed by atoms with Gasteiger partial charge in [-0.3, -0.25) is 14.2 Å². The number of carbonyl (C=O) groups is 2. The molecular weight excluding hydrogens is 482 g/mol. The number of benzene rings is 2. The van der Waals surface area contributed by atoms with Crippen LogP contribution in [0.3, 0.4) is 0 Å². The van der Waals surface area contributed by atoms with Crippen LogP contribution < -0.4 is 10.9 Å². The van der Waals surface area contributed by atoms with E-state index in [1.54, 1.807) is 61.5 Å². The normalized spacial score (nSPS) is 10.8. The number of thiophene rings is 1. The van der Waals surface area contributed by atoms with E-state index < -0.39 is 5.97 Å². The first-order valence-corrected chi connectivity index (χ1v) is 12.2. The largest absolute Gasteiger partial charge is 0.462 e. The first-order chi connectivity index (χ1) is 16.0. The van der Waals surface area contributed by atoms with Crippen LogP contribution in [-0.2, 0) is 9.53 Å². The SMILES string of the molecule is CCOC(=O)c1ccc(NC(=O)CSc2nc3ccsc3c(=O)n2-c2cccc(Cl)c2)cc1. The van der Waals surface area contributed by atoms with Gasteiger partial charge in [0.05, 0.1) is 29.1 Å². The molecule has 0 aliphatic rings. The zero-order valence-electron chi connectivity index (χ0n) is 17.4. The topological polar surface area (TPSA) is 90.3 Å². The van der Waals surface area contributed by atoms with E-state index in [1.807, 2.05) is 5.38 Å². The predicted molar refractivity (Wildman–Crippen MR) is 132 cm³/mol. The number of fused-ring (bicyclic) bond motifs is 1. The lowest BCUT2D eigenvalue weighted by molar-refractivity contribution is -0.113. The molecule has 2 aromatic carbocycles. The van der Waals surface area contributed by atoms with Crippen LogP contribution >= 0.6 is 34.7 Å². The van der Waals surface area contributed by atoms with Crippen molar-refractivity contribution in [2.75, 3.05) is 17.7 Å². The summed E-state index contributed by atoms with van der Waals surface area (Å²) in [5.41, 5.74) is 1.90. The number of esters is 1. The van der Waals surface area contributed by atoms with Crippen LogP contribution in [0.5, 0.6) is 0 Å². The van der Waals surface area contributed by atoms with Crippen LogP contribution in [-0.4, -0.2) is 33.8 Å². The Balaban J connectivity index is 1.53. The van der Waals surface area contributed by atoms with Crippen LogP contribution in [0.4, 0.5) is 5.69 Å². The molecule has 0 atom stereocenters. The molecule has 33 heavy (non-hydrogen) atoms. The van der Waals surface area contributed by atoms with Gasteiger partial charge in [0.15, 0.2) is 5.16 Å². The molecule has 0 fully saturated rings. The standard InChI is InChI=1S/C23H18ClN3O4S2/c1-2-31-22(30)14-6-8-16(9-7-14)25-19(28)13-33-23-26-18-10-11-32-20(18)21(29)27(23)17-5-3-4-15(24)12-17/h3-12H,2,13H2,1H3,(H,25,28). The molecule has 0 spiro atoms. The molecule has 4 rings (SSSR count). The highest BCUT2D eigenvalue weighted by Crippen LogP contribution is 2.25. The van der Waals surface area contributed by atoms with E-state index in [1.165, 1.54) is 15.9 Å². The summed E-state index contributed by atoms with van der Waals surface area (Å²) in [6, 6.07) is 15.1. The van der Waals surface area contributed by atoms with Crippen LogP contribution in [0.15, 0.2) is 69.9 Å². The number of amides is 1. The zero-order chi connectivity index (χ0) is 23.4. The number of hydrogen-bond acceptors (Lipinski definition) is 7. The Labute approximate surface area is 202 Å². The fourth-order valence-electron chi connectivity index (χ4n) is 3.06. The van der Waals surface area contributed by atoms with Crippen molar-refractivity contribution in [3.8, 4) is 5.69 Å². The lowest BCUT2D eigenvalue weighted by Gasteiger charge is -2.12. The van der Waals surface area contributed by atoms with Crippen LogP contribution in [0.25, 0.3) is 15.9 Å². The molecule has 4 aromatic rings. The minimum atomic E-state index is -0.417. The van der Waals surface area contributed by atoms with Crippen molar-refractivity contribution in [2.24, 2.45) is 0 Å². The number of hydrogen-bond donors (Lipinski definition) is 1. The maximum atomic E-state index is 13.1. The maximum absolute atomic E-state index is 13.1. The summed E-state index contributed by atoms with van der Waals surface area (Å²) in [4.78, 5) is 42.0. The van der Waals surface area contributed by atoms with Crippen molar-refractivity contribution in [1.82, 2.24) is 9.55 Å². The van der Waals surface area contributed by atoms with Gasteiger partial charge in [0.1, 0.15) is 4.70 Å². The second-order valence-corrected chi connectivity index (χ2v) is 9.08. The molecular formula is C23H18ClN3O4S2. The average Bonchev–Trinajstić information content (AvgIpc) is 3.27. The zero-order valence-corrected chi connectivity index (χ0v) is 19.8. The molecule has 7 nitrogen and oxygen atoms in total. The fraction of sp³-hybridized carbons (Fsp3) is 0.130. The molecule has 0 radical (unpaired) electrons. The third-order valence-corrected chi connectivity index (χ3v) is 6.59. The van der Waals surface area contributed by atoms with Crippen LogP contribution in [0.1, 0.15) is 17.3 Å². The summed E-state index contributed by atoms with van der Waals surface area (Å²) in [5, 5.41) is 5.47. The Morgan fingerprint density at radius 2 is 1.97 bits per heavy atom. The van der Waals surface area contributed by atoms with E-state index in [4.69, 9.17) is 16.3 Å². The summed E-state index contributed by atoms with van der Waals surface area (Å²) in [6.07, 6.45) is 0. The van der Waals surface area contributed by atoms with E-state index >= 15 is 0 Å². The van der Waals surface area contributed by atoms with Crippen molar-refractivity contribution in [1.29, 1.82) is 0 Å². The Kier molecular flexibility index (Phi) is 7.12. The van der Waals surface area contributed by atoms with Crippen molar-refractivity contribution < 1.29 is 14.3 Å². The maximum Gasteiger partial charge on any atom is 0.338 e. The first-order valence-electron chi connectivity index (χ1n) is 9.92. The Hall–Kier alpha value is -3.14. The molecule has 2 heterocycles. The molecule has 0 aliphatic heterocycles. The molecule has 2 aromatic heterocycles. The van der Waals surface area contributed by atoms with Gasteiger partial charge in [-0.15, -0.1) is 11.3 Å². The van der Waals surface area contributed by atoms with Gasteiger partial charge in [-0.2, -0.15) is 0 Å². The number of thioether (sulfide) groups is 1. The number of halogens is 1. The molecule has 1 N–H and O–H groups in total. The van der Waals surface area contributed by atoms with Crippen molar-refractivity contribution in [3.63, 3.8) is 0 Å². The minimum absolute atomic E-state index is 0.0300. The highest BCUT2D eigenvalue weighted by atomic mass is 35.5. The van der Waals surface area contributed by atoms with Gasteiger partial charge in [-0.1, -0.05) is 29.4 Å². The molecule has 0 aliphatic carbocycles. The number of carbonyl (C=O) groups excluding carboxylic acids is 2. The Bertz CT molecular complexity index is 1380. The smallest absolute Gasteiger partial charge is 0.338 e. The van der Waals surface area contributed by atoms with Crippen molar-refractivity contribution >= 4 is 62.5 Å². The van der Waals surface area contributed by atoms with Gasteiger partial charge in [-0.05, 0) is 60.8 Å². The van der Waals surface area contributed by atoms with Gasteiger partial charge < -0.3 is 10.1 Å². The second kappa shape index (κ2) is 10.2. The van der Waals surface area contributed by atoms with E-state index in [0.29, 0.717) is 43.9 Å². The number of nitrogens with zero attached hydrogens (tertiary/aromatic N) is 2.